The molecule has 2 aromatic heterocycles. The van der Waals surface area contributed by atoms with E-state index in [1.165, 1.54) is 12.1 Å². The average Bonchev–Trinajstić information content (AvgIpc) is 2.89. The van der Waals surface area contributed by atoms with Crippen LogP contribution in [0.5, 0.6) is 5.75 Å². The van der Waals surface area contributed by atoms with Crippen molar-refractivity contribution in [2.24, 2.45) is 0 Å². The normalized spacial score (nSPS) is 13.3. The van der Waals surface area contributed by atoms with Crippen LogP contribution in [0.2, 0.25) is 0 Å². The number of carbonyl (C=O) groups excluding carboxylic acids is 2. The van der Waals surface area contributed by atoms with E-state index in [-0.39, 0.29) is 17.3 Å². The van der Waals surface area contributed by atoms with Crippen LogP contribution >= 0.6 is 0 Å². The number of ether oxygens (including phenoxy) is 2. The van der Waals surface area contributed by atoms with Gasteiger partial charge in [-0.1, -0.05) is 12.1 Å². The molecule has 3 heterocycles. The lowest BCUT2D eigenvalue weighted by atomic mass is 10.1. The summed E-state index contributed by atoms with van der Waals surface area (Å²) >= 11 is 0. The summed E-state index contributed by atoms with van der Waals surface area (Å²) in [7, 11) is 0. The van der Waals surface area contributed by atoms with Gasteiger partial charge in [0.25, 0.3) is 12.4 Å². The number of carbonyl (C=O) groups is 2. The van der Waals surface area contributed by atoms with Crippen molar-refractivity contribution in [1.29, 1.82) is 0 Å². The zero-order valence-electron chi connectivity index (χ0n) is 21.4. The fraction of sp³-hybridized carbons (Fsp3) is 0.346. The Morgan fingerprint density at radius 1 is 1.05 bits per heavy atom. The number of anilines is 2. The largest absolute Gasteiger partial charge is 0.462 e. The van der Waals surface area contributed by atoms with Crippen LogP contribution in [0, 0.1) is 0 Å². The minimum atomic E-state index is -2.86. The molecule has 0 aliphatic carbocycles. The number of nitrogens with one attached hydrogen (secondary N) is 2. The molecule has 1 saturated heterocycles. The molecular formula is C26H30F2N6O4. The highest BCUT2D eigenvalue weighted by Crippen LogP contribution is 2.23. The Morgan fingerprint density at radius 3 is 2.26 bits per heavy atom. The van der Waals surface area contributed by atoms with E-state index in [4.69, 9.17) is 0 Å². The maximum Gasteiger partial charge on any atom is 0.387 e. The topological polar surface area (TPSA) is 119 Å². The molecule has 0 atom stereocenters. The van der Waals surface area contributed by atoms with E-state index in [1.54, 1.807) is 47.9 Å². The lowest BCUT2D eigenvalue weighted by Gasteiger charge is -2.27. The third-order valence-corrected chi connectivity index (χ3v) is 5.11. The van der Waals surface area contributed by atoms with Gasteiger partial charge >= 0.3 is 6.61 Å². The quantitative estimate of drug-likeness (QED) is 0.440. The molecular weight excluding hydrogens is 498 g/mol. The molecule has 1 amide bonds. The van der Waals surface area contributed by atoms with Crippen LogP contribution in [0.4, 0.5) is 20.4 Å². The van der Waals surface area contributed by atoms with Crippen molar-refractivity contribution < 1.29 is 27.8 Å². The summed E-state index contributed by atoms with van der Waals surface area (Å²) in [6.07, 6.45) is 6.36. The molecule has 0 spiro atoms. The van der Waals surface area contributed by atoms with E-state index in [1.807, 2.05) is 20.8 Å². The Bertz CT molecular complexity index is 1180. The SMILES string of the molecule is CC(C)(C)OC=O.O=C(c1cncc(Nc2ncc(-c3ccc(OC(F)F)cc3)cn2)c1)N1CCNCC1. The zero-order valence-corrected chi connectivity index (χ0v) is 21.4. The smallest absolute Gasteiger partial charge is 0.387 e. The van der Waals surface area contributed by atoms with Crippen molar-refractivity contribution in [3.63, 3.8) is 0 Å². The number of aromatic nitrogens is 3. The molecule has 1 aliphatic heterocycles. The third kappa shape index (κ3) is 9.04. The second kappa shape index (κ2) is 13.4. The molecule has 12 heteroatoms. The highest BCUT2D eigenvalue weighted by molar-refractivity contribution is 5.95. The fourth-order valence-corrected chi connectivity index (χ4v) is 3.32. The van der Waals surface area contributed by atoms with E-state index < -0.39 is 6.61 Å². The van der Waals surface area contributed by atoms with Gasteiger partial charge in [0, 0.05) is 50.3 Å². The highest BCUT2D eigenvalue weighted by atomic mass is 19.3. The van der Waals surface area contributed by atoms with Crippen LogP contribution in [-0.2, 0) is 9.53 Å². The number of piperazine rings is 1. The van der Waals surface area contributed by atoms with Crippen LogP contribution in [0.15, 0.2) is 55.1 Å². The van der Waals surface area contributed by atoms with Crippen LogP contribution in [0.25, 0.3) is 11.1 Å². The van der Waals surface area contributed by atoms with Crippen molar-refractivity contribution in [2.75, 3.05) is 31.5 Å². The summed E-state index contributed by atoms with van der Waals surface area (Å²) in [5, 5.41) is 6.26. The van der Waals surface area contributed by atoms with Crippen molar-refractivity contribution in [3.05, 3.63) is 60.7 Å². The van der Waals surface area contributed by atoms with E-state index in [2.05, 4.69) is 35.1 Å². The van der Waals surface area contributed by atoms with E-state index in [0.717, 1.165) is 24.2 Å². The van der Waals surface area contributed by atoms with Gasteiger partial charge in [0.2, 0.25) is 5.95 Å². The second-order valence-corrected chi connectivity index (χ2v) is 9.15. The van der Waals surface area contributed by atoms with Crippen LogP contribution in [-0.4, -0.2) is 70.6 Å². The number of alkyl halides is 2. The fourth-order valence-electron chi connectivity index (χ4n) is 3.32. The van der Waals surface area contributed by atoms with Gasteiger partial charge in [0.1, 0.15) is 11.4 Å². The maximum atomic E-state index is 12.6. The predicted molar refractivity (Wildman–Crippen MR) is 137 cm³/mol. The van der Waals surface area contributed by atoms with Crippen LogP contribution in [0.1, 0.15) is 31.1 Å². The standard InChI is InChI=1S/C21H20F2N6O2.C5H10O2/c22-20(23)31-18-3-1-14(2-4-18)16-11-26-21(27-12-16)28-17-9-15(10-25-13-17)19(30)29-7-5-24-6-8-29;1-5(2,3)7-4-6/h1-4,9-13,20,24H,5-8H2,(H,26,27,28);4H,1-3H3. The van der Waals surface area contributed by atoms with Gasteiger partial charge in [-0.15, -0.1) is 0 Å². The number of halogens is 2. The minimum absolute atomic E-state index is 0.0619. The first-order valence-electron chi connectivity index (χ1n) is 11.9. The molecule has 2 N–H and O–H groups in total. The monoisotopic (exact) mass is 528 g/mol. The molecule has 1 fully saturated rings. The summed E-state index contributed by atoms with van der Waals surface area (Å²) in [5.41, 5.74) is 2.26. The molecule has 0 unspecified atom stereocenters. The molecule has 1 aromatic carbocycles. The zero-order chi connectivity index (χ0) is 27.5. The molecule has 4 rings (SSSR count). The van der Waals surface area contributed by atoms with Crippen molar-refractivity contribution in [3.8, 4) is 16.9 Å². The first kappa shape index (κ1) is 28.4. The van der Waals surface area contributed by atoms with E-state index >= 15 is 0 Å². The Labute approximate surface area is 219 Å². The molecule has 1 aliphatic rings. The number of rotatable bonds is 7. The first-order chi connectivity index (χ1) is 18.1. The number of hydrogen-bond donors (Lipinski definition) is 2. The summed E-state index contributed by atoms with van der Waals surface area (Å²) < 4.78 is 33.4. The molecule has 3 aromatic rings. The number of pyridine rings is 1. The van der Waals surface area contributed by atoms with Crippen molar-refractivity contribution >= 4 is 24.0 Å². The van der Waals surface area contributed by atoms with Crippen molar-refractivity contribution in [1.82, 2.24) is 25.2 Å². The van der Waals surface area contributed by atoms with E-state index in [0.29, 0.717) is 36.8 Å². The van der Waals surface area contributed by atoms with Gasteiger partial charge in [-0.05, 0) is 44.5 Å². The highest BCUT2D eigenvalue weighted by Gasteiger charge is 2.18. The van der Waals surface area contributed by atoms with Gasteiger partial charge in [-0.25, -0.2) is 9.97 Å². The molecule has 0 saturated carbocycles. The van der Waals surface area contributed by atoms with Gasteiger partial charge in [0.15, 0.2) is 0 Å². The Morgan fingerprint density at radius 2 is 1.71 bits per heavy atom. The summed E-state index contributed by atoms with van der Waals surface area (Å²) in [6.45, 7) is 5.94. The van der Waals surface area contributed by atoms with Gasteiger partial charge in [-0.2, -0.15) is 8.78 Å². The Balaban J connectivity index is 0.000000505. The predicted octanol–water partition coefficient (Wildman–Crippen LogP) is 3.89. The lowest BCUT2D eigenvalue weighted by molar-refractivity contribution is -0.138. The molecule has 10 nitrogen and oxygen atoms in total. The van der Waals surface area contributed by atoms with Gasteiger partial charge in [-0.3, -0.25) is 14.6 Å². The molecule has 38 heavy (non-hydrogen) atoms. The molecule has 202 valence electrons. The number of hydrogen-bond acceptors (Lipinski definition) is 9. The first-order valence-corrected chi connectivity index (χ1v) is 11.9. The minimum Gasteiger partial charge on any atom is -0.462 e. The third-order valence-electron chi connectivity index (χ3n) is 5.11. The van der Waals surface area contributed by atoms with Crippen molar-refractivity contribution in [2.45, 2.75) is 33.0 Å². The number of nitrogens with zero attached hydrogens (tertiary/aromatic N) is 4. The average molecular weight is 529 g/mol. The van der Waals surface area contributed by atoms with E-state index in [9.17, 15) is 18.4 Å². The molecule has 0 bridgehead atoms. The lowest BCUT2D eigenvalue weighted by Crippen LogP contribution is -2.46. The van der Waals surface area contributed by atoms with Crippen LogP contribution in [0.3, 0.4) is 0 Å². The number of amides is 1. The Kier molecular flexibility index (Phi) is 9.99. The summed E-state index contributed by atoms with van der Waals surface area (Å²) in [4.78, 5) is 36.7. The second-order valence-electron chi connectivity index (χ2n) is 9.15. The number of benzene rings is 1. The summed E-state index contributed by atoms with van der Waals surface area (Å²) in [6, 6.07) is 7.94. The van der Waals surface area contributed by atoms with Crippen LogP contribution < -0.4 is 15.4 Å². The molecule has 0 radical (unpaired) electrons. The Hall–Kier alpha value is -4.19. The summed E-state index contributed by atoms with van der Waals surface area (Å²) in [5.74, 6) is 0.365. The van der Waals surface area contributed by atoms with Gasteiger partial charge in [0.05, 0.1) is 17.4 Å². The van der Waals surface area contributed by atoms with Gasteiger partial charge < -0.3 is 25.0 Å². The maximum absolute atomic E-state index is 12.6.